The minimum absolute atomic E-state index is 0.826. The summed E-state index contributed by atoms with van der Waals surface area (Å²) in [7, 11) is 2.14. The van der Waals surface area contributed by atoms with Gasteiger partial charge in [-0.1, -0.05) is 72.8 Å². The number of hydrogen-bond donors (Lipinski definition) is 3. The summed E-state index contributed by atoms with van der Waals surface area (Å²) in [5, 5.41) is 8.07. The largest absolute Gasteiger partial charge is 0.385 e. The molecular formula is C43H37N7. The summed E-state index contributed by atoms with van der Waals surface area (Å²) in [6.45, 7) is 1.69. The third-order valence-corrected chi connectivity index (χ3v) is 10.4. The first kappa shape index (κ1) is 28.7. The molecule has 0 bridgehead atoms. The molecule has 0 amide bonds. The molecule has 0 spiro atoms. The Morgan fingerprint density at radius 3 is 2.06 bits per heavy atom. The molecule has 1 aliphatic carbocycles. The van der Waals surface area contributed by atoms with Crippen molar-refractivity contribution in [2.75, 3.05) is 12.2 Å². The molecule has 0 unspecified atom stereocenters. The van der Waals surface area contributed by atoms with Gasteiger partial charge >= 0.3 is 0 Å². The Balaban J connectivity index is 1.05. The van der Waals surface area contributed by atoms with Crippen LogP contribution < -0.4 is 21.3 Å². The number of allylic oxidation sites excluding steroid dienone is 4. The fourth-order valence-electron chi connectivity index (χ4n) is 8.06. The molecule has 50 heavy (non-hydrogen) atoms. The van der Waals surface area contributed by atoms with Crippen LogP contribution in [0, 0.1) is 0 Å². The minimum Gasteiger partial charge on any atom is -0.385 e. The lowest BCUT2D eigenvalue weighted by atomic mass is 9.97. The smallest absolute Gasteiger partial charge is 0.0886 e. The molecule has 7 nitrogen and oxygen atoms in total. The molecule has 4 aromatic carbocycles. The van der Waals surface area contributed by atoms with Gasteiger partial charge in [0.25, 0.3) is 0 Å². The molecule has 6 aromatic rings. The minimum atomic E-state index is 0.826. The monoisotopic (exact) mass is 651 g/mol. The van der Waals surface area contributed by atoms with Gasteiger partial charge in [0.05, 0.1) is 46.9 Å². The third-order valence-electron chi connectivity index (χ3n) is 10.4. The topological polar surface area (TPSA) is 52.4 Å². The number of benzene rings is 4. The maximum atomic E-state index is 3.73. The van der Waals surface area contributed by atoms with E-state index >= 15 is 0 Å². The second kappa shape index (κ2) is 11.4. The van der Waals surface area contributed by atoms with Crippen LogP contribution in [0.3, 0.4) is 0 Å². The van der Waals surface area contributed by atoms with Gasteiger partial charge in [0.2, 0.25) is 0 Å². The summed E-state index contributed by atoms with van der Waals surface area (Å²) in [5.74, 6) is 0. The van der Waals surface area contributed by atoms with Crippen molar-refractivity contribution in [3.05, 3.63) is 167 Å². The maximum Gasteiger partial charge on any atom is 0.0886 e. The van der Waals surface area contributed by atoms with Crippen molar-refractivity contribution in [3.63, 3.8) is 0 Å². The molecule has 10 rings (SSSR count). The number of nitrogens with one attached hydrogen (secondary N) is 3. The first-order valence-electron chi connectivity index (χ1n) is 17.4. The van der Waals surface area contributed by atoms with Crippen LogP contribution in [0.25, 0.3) is 51.0 Å². The van der Waals surface area contributed by atoms with E-state index in [0.717, 1.165) is 48.6 Å². The second-order valence-electron chi connectivity index (χ2n) is 13.4. The molecule has 5 heterocycles. The van der Waals surface area contributed by atoms with Crippen molar-refractivity contribution in [2.45, 2.75) is 25.9 Å². The fraction of sp³-hybridized carbons (Fsp3) is 0.116. The molecule has 0 saturated heterocycles. The standard InChI is InChI=1S/C43H37N7/c1-47-26-24-37-35-12-6-8-14-39(35)49(41(37)28-47)32-21-17-30(18-22-32)43-42(45-50(46-43)33-9-3-2-4-10-33)29-15-19-31(20-16-29)48-38-13-7-5-11-34(38)36-23-25-44-27-40(36)48/h2-15,17-19,21-26,44-46H,16,20,27-28H2,1H3. The van der Waals surface area contributed by atoms with Gasteiger partial charge in [-0.3, -0.25) is 10.9 Å². The number of nitrogens with zero attached hydrogens (tertiary/aromatic N) is 4. The lowest BCUT2D eigenvalue weighted by molar-refractivity contribution is 0.438. The van der Waals surface area contributed by atoms with Crippen LogP contribution in [0.5, 0.6) is 0 Å². The van der Waals surface area contributed by atoms with Gasteiger partial charge in [-0.2, -0.15) is 5.12 Å². The lowest BCUT2D eigenvalue weighted by Gasteiger charge is -2.23. The quantitative estimate of drug-likeness (QED) is 0.175. The maximum absolute atomic E-state index is 3.73. The van der Waals surface area contributed by atoms with Crippen molar-refractivity contribution in [3.8, 4) is 5.69 Å². The number of aromatic nitrogens is 2. The van der Waals surface area contributed by atoms with E-state index < -0.39 is 0 Å². The summed E-state index contributed by atoms with van der Waals surface area (Å²) in [6, 6.07) is 36.9. The SMILES string of the molecule is CN1C=Cc2c(n(-c3ccc(C4=C(C5=CC=C(n6c7c(c8ccccc86)C=CNC7)CC5)NN(c5ccccc5)N4)cc3)c3ccccc23)C1. The van der Waals surface area contributed by atoms with Crippen LogP contribution in [0.1, 0.15) is 40.9 Å². The van der Waals surface area contributed by atoms with Gasteiger partial charge in [0.1, 0.15) is 0 Å². The number of fused-ring (bicyclic) bond motifs is 6. The molecule has 3 aliphatic heterocycles. The summed E-state index contributed by atoms with van der Waals surface area (Å²) < 4.78 is 4.89. The van der Waals surface area contributed by atoms with Crippen molar-refractivity contribution in [1.29, 1.82) is 0 Å². The summed E-state index contributed by atoms with van der Waals surface area (Å²) >= 11 is 0. The molecule has 244 valence electrons. The van der Waals surface area contributed by atoms with E-state index in [1.54, 1.807) is 0 Å². The van der Waals surface area contributed by atoms with E-state index in [9.17, 15) is 0 Å². The molecule has 4 aliphatic rings. The van der Waals surface area contributed by atoms with E-state index in [4.69, 9.17) is 0 Å². The Morgan fingerprint density at radius 2 is 1.30 bits per heavy atom. The molecular weight excluding hydrogens is 615 g/mol. The molecule has 0 saturated carbocycles. The van der Waals surface area contributed by atoms with E-state index in [1.807, 2.05) is 5.12 Å². The lowest BCUT2D eigenvalue weighted by Crippen LogP contribution is -2.40. The Kier molecular flexibility index (Phi) is 6.52. The van der Waals surface area contributed by atoms with Crippen LogP contribution in [0.2, 0.25) is 0 Å². The van der Waals surface area contributed by atoms with Crippen LogP contribution in [0.15, 0.2) is 139 Å². The summed E-state index contributed by atoms with van der Waals surface area (Å²) in [4.78, 5) is 2.24. The van der Waals surface area contributed by atoms with Gasteiger partial charge in [-0.15, -0.1) is 0 Å². The Hall–Kier alpha value is -6.34. The van der Waals surface area contributed by atoms with Gasteiger partial charge in [0.15, 0.2) is 0 Å². The van der Waals surface area contributed by atoms with Crippen molar-refractivity contribution in [2.24, 2.45) is 0 Å². The van der Waals surface area contributed by atoms with Gasteiger partial charge in [-0.25, -0.2) is 0 Å². The van der Waals surface area contributed by atoms with Crippen LogP contribution >= 0.6 is 0 Å². The molecule has 2 aromatic heterocycles. The Morgan fingerprint density at radius 1 is 0.600 bits per heavy atom. The Bertz CT molecular complexity index is 2470. The first-order valence-corrected chi connectivity index (χ1v) is 17.4. The van der Waals surface area contributed by atoms with Crippen molar-refractivity contribution >= 4 is 51.0 Å². The highest BCUT2D eigenvalue weighted by molar-refractivity contribution is 5.95. The number of rotatable bonds is 5. The fourth-order valence-corrected chi connectivity index (χ4v) is 8.06. The number of para-hydroxylation sites is 3. The molecule has 0 radical (unpaired) electrons. The molecule has 0 atom stereocenters. The van der Waals surface area contributed by atoms with Crippen LogP contribution in [0.4, 0.5) is 5.69 Å². The normalized spacial score (nSPS) is 16.6. The predicted octanol–water partition coefficient (Wildman–Crippen LogP) is 8.53. The van der Waals surface area contributed by atoms with Crippen LogP contribution in [-0.4, -0.2) is 21.1 Å². The highest BCUT2D eigenvalue weighted by Gasteiger charge is 2.28. The average Bonchev–Trinajstić information content (AvgIpc) is 3.86. The Labute approximate surface area is 291 Å². The zero-order valence-electron chi connectivity index (χ0n) is 27.9. The zero-order valence-corrected chi connectivity index (χ0v) is 27.9. The summed E-state index contributed by atoms with van der Waals surface area (Å²) in [5.41, 5.74) is 23.4. The number of hydrazine groups is 2. The van der Waals surface area contributed by atoms with Crippen LogP contribution in [-0.2, 0) is 13.1 Å². The number of anilines is 1. The highest BCUT2D eigenvalue weighted by Crippen LogP contribution is 2.38. The van der Waals surface area contributed by atoms with E-state index in [0.29, 0.717) is 0 Å². The van der Waals surface area contributed by atoms with Gasteiger partial charge in [0, 0.05) is 51.6 Å². The highest BCUT2D eigenvalue weighted by atomic mass is 15.8. The average molecular weight is 652 g/mol. The van der Waals surface area contributed by atoms with E-state index in [1.165, 1.54) is 61.3 Å². The van der Waals surface area contributed by atoms with Gasteiger partial charge in [-0.05, 0) is 85.4 Å². The van der Waals surface area contributed by atoms with E-state index in [2.05, 4.69) is 177 Å². The first-order chi connectivity index (χ1) is 24.7. The predicted molar refractivity (Wildman–Crippen MR) is 205 cm³/mol. The van der Waals surface area contributed by atoms with Crippen molar-refractivity contribution < 1.29 is 0 Å². The third kappa shape index (κ3) is 4.50. The zero-order chi connectivity index (χ0) is 33.2. The van der Waals surface area contributed by atoms with Crippen molar-refractivity contribution in [1.82, 2.24) is 30.2 Å². The summed E-state index contributed by atoms with van der Waals surface area (Å²) in [6.07, 6.45) is 15.2. The molecule has 0 fully saturated rings. The molecule has 7 heteroatoms. The second-order valence-corrected chi connectivity index (χ2v) is 13.4. The number of hydrogen-bond acceptors (Lipinski definition) is 5. The molecule has 3 N–H and O–H groups in total. The van der Waals surface area contributed by atoms with E-state index in [-0.39, 0.29) is 0 Å². The van der Waals surface area contributed by atoms with Gasteiger partial charge < -0.3 is 19.4 Å².